The summed E-state index contributed by atoms with van der Waals surface area (Å²) in [5.41, 5.74) is 0.490. The molecule has 0 spiro atoms. The van der Waals surface area contributed by atoms with Crippen molar-refractivity contribution in [3.63, 3.8) is 0 Å². The van der Waals surface area contributed by atoms with Gasteiger partial charge in [-0.15, -0.1) is 0 Å². The lowest BCUT2D eigenvalue weighted by molar-refractivity contribution is -0.385. The predicted octanol–water partition coefficient (Wildman–Crippen LogP) is 5.14. The lowest BCUT2D eigenvalue weighted by atomic mass is 9.94. The number of nitro benzene ring substituents is 2. The van der Waals surface area contributed by atoms with Gasteiger partial charge in [-0.25, -0.2) is 4.79 Å². The summed E-state index contributed by atoms with van der Waals surface area (Å²) in [5.74, 6) is -1.28. The van der Waals surface area contributed by atoms with E-state index in [1.165, 1.54) is 42.5 Å². The number of benzene rings is 3. The highest BCUT2D eigenvalue weighted by Gasteiger charge is 2.22. The fourth-order valence-electron chi connectivity index (χ4n) is 3.30. The first-order valence-electron chi connectivity index (χ1n) is 10.6. The van der Waals surface area contributed by atoms with Crippen molar-refractivity contribution in [3.8, 4) is 11.5 Å². The maximum Gasteiger partial charge on any atom is 0.331 e. The minimum atomic E-state index is -1.14. The normalized spacial score (nSPS) is 11.9. The van der Waals surface area contributed by atoms with Crippen LogP contribution in [-0.2, 0) is 4.79 Å². The zero-order valence-electron chi connectivity index (χ0n) is 18.5. The summed E-state index contributed by atoms with van der Waals surface area (Å²) in [7, 11) is 0. The van der Waals surface area contributed by atoms with Gasteiger partial charge in [0.05, 0.1) is 35.2 Å². The Morgan fingerprint density at radius 3 is 1.97 bits per heavy atom. The number of carboxylic acid groups (broad SMARTS) is 1. The Labute approximate surface area is 200 Å². The molecule has 0 aromatic heterocycles. The number of nitro groups is 2. The number of nitrogens with zero attached hydrogens (tertiary/aromatic N) is 2. The number of hydrogen-bond donors (Lipinski definition) is 1. The van der Waals surface area contributed by atoms with Gasteiger partial charge in [-0.3, -0.25) is 20.2 Å². The van der Waals surface area contributed by atoms with Gasteiger partial charge < -0.3 is 14.6 Å². The fourth-order valence-corrected chi connectivity index (χ4v) is 3.30. The van der Waals surface area contributed by atoms with Crippen molar-refractivity contribution in [2.45, 2.75) is 6.42 Å². The average Bonchev–Trinajstić information content (AvgIpc) is 2.85. The van der Waals surface area contributed by atoms with Crippen LogP contribution in [-0.4, -0.2) is 34.1 Å². The Kier molecular flexibility index (Phi) is 8.49. The molecule has 0 radical (unpaired) electrons. The molecule has 0 heterocycles. The van der Waals surface area contributed by atoms with E-state index in [0.29, 0.717) is 5.56 Å². The van der Waals surface area contributed by atoms with Gasteiger partial charge in [0.15, 0.2) is 0 Å². The molecule has 0 saturated carbocycles. The van der Waals surface area contributed by atoms with Crippen molar-refractivity contribution in [3.05, 3.63) is 110 Å². The van der Waals surface area contributed by atoms with E-state index in [1.807, 2.05) is 6.07 Å². The quantitative estimate of drug-likeness (QED) is 0.214. The van der Waals surface area contributed by atoms with Crippen molar-refractivity contribution in [1.82, 2.24) is 0 Å². The van der Waals surface area contributed by atoms with Gasteiger partial charge in [0.1, 0.15) is 11.5 Å². The molecule has 3 aromatic carbocycles. The van der Waals surface area contributed by atoms with Crippen molar-refractivity contribution in [1.29, 1.82) is 0 Å². The Morgan fingerprint density at radius 2 is 1.43 bits per heavy atom. The third kappa shape index (κ3) is 7.39. The molecule has 3 aromatic rings. The van der Waals surface area contributed by atoms with Crippen molar-refractivity contribution >= 4 is 23.4 Å². The lowest BCUT2D eigenvalue weighted by Gasteiger charge is -2.19. The summed E-state index contributed by atoms with van der Waals surface area (Å²) < 4.78 is 11.4. The highest BCUT2D eigenvalue weighted by molar-refractivity contribution is 5.92. The Morgan fingerprint density at radius 1 is 0.857 bits per heavy atom. The molecule has 180 valence electrons. The summed E-state index contributed by atoms with van der Waals surface area (Å²) in [6, 6.07) is 20.2. The Balaban J connectivity index is 1.80. The number of carbonyl (C=O) groups is 1. The van der Waals surface area contributed by atoms with E-state index in [-0.39, 0.29) is 48.1 Å². The van der Waals surface area contributed by atoms with Gasteiger partial charge in [-0.2, -0.15) is 0 Å². The molecule has 3 rings (SSSR count). The first kappa shape index (κ1) is 24.9. The van der Waals surface area contributed by atoms with Crippen LogP contribution in [0.15, 0.2) is 84.4 Å². The molecule has 0 aliphatic rings. The first-order chi connectivity index (χ1) is 16.8. The minimum Gasteiger partial charge on any atom is -0.493 e. The van der Waals surface area contributed by atoms with Gasteiger partial charge in [0, 0.05) is 23.6 Å². The van der Waals surface area contributed by atoms with E-state index < -0.39 is 21.7 Å². The third-order valence-corrected chi connectivity index (χ3v) is 5.05. The van der Waals surface area contributed by atoms with Crippen LogP contribution >= 0.6 is 0 Å². The molecular weight excluding hydrogens is 456 g/mol. The first-order valence-corrected chi connectivity index (χ1v) is 10.6. The molecule has 0 amide bonds. The predicted molar refractivity (Wildman–Crippen MR) is 127 cm³/mol. The molecule has 0 fully saturated rings. The standard InChI is InChI=1S/C25H22N2O8/c28-25(29)24(14-18-6-2-1-3-7-18)19(17-35-23-11-5-9-21(16-23)27(32)33)12-13-34-22-10-4-8-20(15-22)26(30)31/h1-11,14-16,19H,12-13,17H2,(H,28,29). The molecule has 35 heavy (non-hydrogen) atoms. The van der Waals surface area contributed by atoms with Crippen LogP contribution in [0.25, 0.3) is 6.08 Å². The molecule has 0 saturated heterocycles. The van der Waals surface area contributed by atoms with E-state index in [1.54, 1.807) is 36.4 Å². The monoisotopic (exact) mass is 478 g/mol. The van der Waals surface area contributed by atoms with Gasteiger partial charge in [-0.1, -0.05) is 42.5 Å². The summed E-state index contributed by atoms with van der Waals surface area (Å²) in [5, 5.41) is 31.9. The van der Waals surface area contributed by atoms with E-state index in [4.69, 9.17) is 9.47 Å². The second kappa shape index (κ2) is 11.9. The average molecular weight is 478 g/mol. The second-order valence-electron chi connectivity index (χ2n) is 7.47. The van der Waals surface area contributed by atoms with Crippen LogP contribution in [0.1, 0.15) is 12.0 Å². The molecule has 0 bridgehead atoms. The molecule has 1 N–H and O–H groups in total. The maximum atomic E-state index is 12.1. The number of carboxylic acids is 1. The Bertz CT molecular complexity index is 1230. The van der Waals surface area contributed by atoms with Gasteiger partial charge in [-0.05, 0) is 30.2 Å². The number of rotatable bonds is 12. The lowest BCUT2D eigenvalue weighted by Crippen LogP contribution is -2.22. The van der Waals surface area contributed by atoms with Gasteiger partial charge >= 0.3 is 5.97 Å². The molecule has 10 nitrogen and oxygen atoms in total. The summed E-state index contributed by atoms with van der Waals surface area (Å²) >= 11 is 0. The van der Waals surface area contributed by atoms with Crippen molar-refractivity contribution in [2.24, 2.45) is 5.92 Å². The van der Waals surface area contributed by atoms with Crippen LogP contribution < -0.4 is 9.47 Å². The van der Waals surface area contributed by atoms with E-state index >= 15 is 0 Å². The van der Waals surface area contributed by atoms with Crippen LogP contribution in [0.4, 0.5) is 11.4 Å². The number of non-ortho nitro benzene ring substituents is 2. The SMILES string of the molecule is O=C(O)C(=Cc1ccccc1)C(CCOc1cccc([N+](=O)[O-])c1)COc1cccc([N+](=O)[O-])c1. The van der Waals surface area contributed by atoms with E-state index in [2.05, 4.69) is 0 Å². The number of aliphatic carboxylic acids is 1. The zero-order valence-corrected chi connectivity index (χ0v) is 18.5. The molecule has 1 unspecified atom stereocenters. The summed E-state index contributed by atoms with van der Waals surface area (Å²) in [6.45, 7) is -0.0199. The van der Waals surface area contributed by atoms with Crippen molar-refractivity contribution in [2.75, 3.05) is 13.2 Å². The molecule has 0 aliphatic heterocycles. The second-order valence-corrected chi connectivity index (χ2v) is 7.47. The van der Waals surface area contributed by atoms with E-state index in [9.17, 15) is 30.1 Å². The van der Waals surface area contributed by atoms with Crippen molar-refractivity contribution < 1.29 is 29.2 Å². The topological polar surface area (TPSA) is 142 Å². The smallest absolute Gasteiger partial charge is 0.331 e. The van der Waals surface area contributed by atoms with E-state index in [0.717, 1.165) is 0 Å². The Hall–Kier alpha value is -4.73. The van der Waals surface area contributed by atoms with Crippen LogP contribution in [0.2, 0.25) is 0 Å². The summed E-state index contributed by atoms with van der Waals surface area (Å²) in [6.07, 6.45) is 1.75. The molecule has 1 atom stereocenters. The molecule has 10 heteroatoms. The van der Waals surface area contributed by atoms with Gasteiger partial charge in [0.25, 0.3) is 11.4 Å². The van der Waals surface area contributed by atoms with Gasteiger partial charge in [0.2, 0.25) is 0 Å². The molecule has 0 aliphatic carbocycles. The van der Waals surface area contributed by atoms with Crippen LogP contribution in [0.3, 0.4) is 0 Å². The maximum absolute atomic E-state index is 12.1. The highest BCUT2D eigenvalue weighted by Crippen LogP contribution is 2.25. The zero-order chi connectivity index (χ0) is 25.2. The van der Waals surface area contributed by atoms with Crippen LogP contribution in [0.5, 0.6) is 11.5 Å². The number of hydrogen-bond acceptors (Lipinski definition) is 7. The summed E-state index contributed by atoms with van der Waals surface area (Å²) in [4.78, 5) is 33.1. The van der Waals surface area contributed by atoms with Crippen LogP contribution in [0, 0.1) is 26.1 Å². The highest BCUT2D eigenvalue weighted by atomic mass is 16.6. The largest absolute Gasteiger partial charge is 0.493 e. The molecular formula is C25H22N2O8. The third-order valence-electron chi connectivity index (χ3n) is 5.05. The fraction of sp³-hybridized carbons (Fsp3) is 0.160. The number of ether oxygens (including phenoxy) is 2. The minimum absolute atomic E-state index is 0.0591.